The molecule has 0 fully saturated rings. The molecule has 0 amide bonds. The van der Waals surface area contributed by atoms with Crippen LogP contribution < -0.4 is 0 Å². The van der Waals surface area contributed by atoms with E-state index in [0.29, 0.717) is 17.0 Å². The maximum atomic E-state index is 11.5. The number of imidazole rings is 1. The van der Waals surface area contributed by atoms with Crippen LogP contribution in [0.3, 0.4) is 0 Å². The Bertz CT molecular complexity index is 3160. The molecule has 2 aromatic heterocycles. The molecule has 0 unspecified atom stereocenters. The van der Waals surface area contributed by atoms with Crippen molar-refractivity contribution >= 4 is 11.0 Å². The van der Waals surface area contributed by atoms with Gasteiger partial charge >= 0.3 is 0 Å². The fourth-order valence-corrected chi connectivity index (χ4v) is 8.19. The Morgan fingerprint density at radius 3 is 1.80 bits per heavy atom. The summed E-state index contributed by atoms with van der Waals surface area (Å²) in [6, 6.07) is 56.5. The van der Waals surface area contributed by atoms with Crippen molar-refractivity contribution in [3.63, 3.8) is 0 Å². The third-order valence-corrected chi connectivity index (χ3v) is 11.6. The average molecular weight is 797 g/mol. The van der Waals surface area contributed by atoms with Gasteiger partial charge in [0.25, 0.3) is 0 Å². The second-order valence-corrected chi connectivity index (χ2v) is 17.9. The number of fused-ring (bicyclic) bond motifs is 1. The molecule has 0 aliphatic carbocycles. The van der Waals surface area contributed by atoms with Crippen molar-refractivity contribution in [1.29, 1.82) is 0 Å². The summed E-state index contributed by atoms with van der Waals surface area (Å²) in [4.78, 5) is 10.4. The van der Waals surface area contributed by atoms with Crippen LogP contribution in [0.1, 0.15) is 62.3 Å². The van der Waals surface area contributed by atoms with Crippen LogP contribution >= 0.6 is 0 Å². The fourth-order valence-electron chi connectivity index (χ4n) is 8.19. The monoisotopic (exact) mass is 796 g/mol. The number of aryl methyl sites for hydroxylation is 1. The predicted molar refractivity (Wildman–Crippen MR) is 255 cm³/mol. The number of aromatic nitrogens is 3. The Morgan fingerprint density at radius 2 is 1.13 bits per heavy atom. The summed E-state index contributed by atoms with van der Waals surface area (Å²) < 4.78 is 28.3. The molecule has 0 bridgehead atoms. The smallest absolute Gasteiger partial charge is 0.149 e. The van der Waals surface area contributed by atoms with Crippen LogP contribution in [0.15, 0.2) is 176 Å². The van der Waals surface area contributed by atoms with Crippen molar-refractivity contribution in [2.24, 2.45) is 0 Å². The number of aromatic hydroxyl groups is 1. The first kappa shape index (κ1) is 35.9. The largest absolute Gasteiger partial charge is 0.507 e. The minimum Gasteiger partial charge on any atom is -0.507 e. The first-order valence-corrected chi connectivity index (χ1v) is 20.9. The zero-order valence-electron chi connectivity index (χ0n) is 38.5. The van der Waals surface area contributed by atoms with Crippen LogP contribution in [0, 0.1) is 6.85 Å². The summed E-state index contributed by atoms with van der Waals surface area (Å²) in [7, 11) is 0. The van der Waals surface area contributed by atoms with E-state index in [4.69, 9.17) is 14.1 Å². The van der Waals surface area contributed by atoms with Crippen LogP contribution in [0.5, 0.6) is 5.75 Å². The second-order valence-electron chi connectivity index (χ2n) is 17.9. The molecule has 2 heterocycles. The molecule has 0 spiro atoms. The molecule has 1 N–H and O–H groups in total. The van der Waals surface area contributed by atoms with Gasteiger partial charge in [-0.15, -0.1) is 0 Å². The fraction of sp³-hybridized carbons (Fsp3) is 0.158. The summed E-state index contributed by atoms with van der Waals surface area (Å²) in [5.74, 6) is 0.609. The third kappa shape index (κ3) is 7.66. The van der Waals surface area contributed by atoms with Gasteiger partial charge in [-0.25, -0.2) is 4.98 Å². The van der Waals surface area contributed by atoms with Gasteiger partial charge in [-0.2, -0.15) is 0 Å². The third-order valence-electron chi connectivity index (χ3n) is 11.6. The molecule has 0 saturated carbocycles. The standard InChI is InChI=1S/C57H51N3O/c1-37-31-49(40-19-12-9-13-20-40)52(36-48(37)39-17-10-8-11-18-39)60-51-23-16-22-46(54(51)59-55(60)47-21-14-15-24-53(47)61)42-32-43(34-45(33-42)57(5,6)7)50-35-41(29-30-58-50)38-25-27-44(28-26-38)56(2,3)4/h8-36,61H,1-7H3/i1D3. The average Bonchev–Trinajstić information content (AvgIpc) is 3.68. The molecule has 9 aromatic rings. The lowest BCUT2D eigenvalue weighted by molar-refractivity contribution is 0.477. The van der Waals surface area contributed by atoms with Gasteiger partial charge in [0.1, 0.15) is 11.6 Å². The normalized spacial score (nSPS) is 12.9. The van der Waals surface area contributed by atoms with E-state index >= 15 is 0 Å². The molecular weight excluding hydrogens is 743 g/mol. The minimum absolute atomic E-state index is 0.0618. The predicted octanol–water partition coefficient (Wildman–Crippen LogP) is 15.0. The summed E-state index contributed by atoms with van der Waals surface area (Å²) in [5.41, 5.74) is 14.3. The van der Waals surface area contributed by atoms with Gasteiger partial charge < -0.3 is 5.11 Å². The lowest BCUT2D eigenvalue weighted by Crippen LogP contribution is -2.11. The van der Waals surface area contributed by atoms with Crippen LogP contribution in [-0.4, -0.2) is 19.6 Å². The van der Waals surface area contributed by atoms with Crippen molar-refractivity contribution in [1.82, 2.24) is 14.5 Å². The number of hydrogen-bond acceptors (Lipinski definition) is 3. The molecule has 0 saturated heterocycles. The maximum absolute atomic E-state index is 11.5. The number of nitrogens with zero attached hydrogens (tertiary/aromatic N) is 3. The lowest BCUT2D eigenvalue weighted by Gasteiger charge is -2.22. The number of hydrogen-bond donors (Lipinski definition) is 1. The molecule has 300 valence electrons. The Hall–Kier alpha value is -7.04. The summed E-state index contributed by atoms with van der Waals surface area (Å²) in [6.07, 6.45) is 1.89. The molecule has 0 aliphatic rings. The highest BCUT2D eigenvalue weighted by Crippen LogP contribution is 2.43. The Morgan fingerprint density at radius 1 is 0.492 bits per heavy atom. The number of benzene rings is 7. The maximum Gasteiger partial charge on any atom is 0.149 e. The molecule has 0 radical (unpaired) electrons. The molecule has 0 atom stereocenters. The SMILES string of the molecule is [2H]C([2H])([2H])c1cc(-c2ccccc2)c(-n2c(-c3ccccc3O)nc3c(-c4cc(-c5cc(-c6ccc(C(C)(C)C)cc6)ccn5)cc(C(C)(C)C)c4)cccc32)cc1-c1ccccc1. The van der Waals surface area contributed by atoms with E-state index in [1.54, 1.807) is 12.1 Å². The van der Waals surface area contributed by atoms with E-state index in [1.807, 2.05) is 97.2 Å². The zero-order chi connectivity index (χ0) is 45.0. The van der Waals surface area contributed by atoms with Gasteiger partial charge in [-0.05, 0) is 122 Å². The summed E-state index contributed by atoms with van der Waals surface area (Å²) in [6.45, 7) is 11.0. The van der Waals surface area contributed by atoms with Crippen molar-refractivity contribution in [2.45, 2.75) is 59.2 Å². The topological polar surface area (TPSA) is 50.9 Å². The zero-order valence-corrected chi connectivity index (χ0v) is 35.5. The highest BCUT2D eigenvalue weighted by molar-refractivity contribution is 5.98. The molecule has 61 heavy (non-hydrogen) atoms. The van der Waals surface area contributed by atoms with Crippen LogP contribution in [0.2, 0.25) is 0 Å². The minimum atomic E-state index is -2.40. The molecule has 4 heteroatoms. The van der Waals surface area contributed by atoms with Gasteiger partial charge in [-0.1, -0.05) is 157 Å². The van der Waals surface area contributed by atoms with E-state index in [1.165, 1.54) is 5.56 Å². The Labute approximate surface area is 364 Å². The van der Waals surface area contributed by atoms with Crippen molar-refractivity contribution in [2.75, 3.05) is 0 Å². The van der Waals surface area contributed by atoms with Gasteiger partial charge in [0.15, 0.2) is 0 Å². The number of phenolic OH excluding ortho intramolecular Hbond substituents is 1. The molecular formula is C57H51N3O. The van der Waals surface area contributed by atoms with Crippen molar-refractivity contribution in [3.8, 4) is 78.6 Å². The molecule has 0 aliphatic heterocycles. The van der Waals surface area contributed by atoms with E-state index < -0.39 is 6.85 Å². The highest BCUT2D eigenvalue weighted by Gasteiger charge is 2.24. The Kier molecular flexibility index (Phi) is 9.13. The van der Waals surface area contributed by atoms with E-state index in [0.717, 1.165) is 72.5 Å². The first-order valence-electron chi connectivity index (χ1n) is 22.4. The Balaban J connectivity index is 1.31. The lowest BCUT2D eigenvalue weighted by atomic mass is 9.83. The van der Waals surface area contributed by atoms with Crippen molar-refractivity contribution < 1.29 is 9.22 Å². The van der Waals surface area contributed by atoms with E-state index in [9.17, 15) is 5.11 Å². The van der Waals surface area contributed by atoms with Gasteiger partial charge in [0.2, 0.25) is 0 Å². The number of para-hydroxylation sites is 2. The van der Waals surface area contributed by atoms with Gasteiger partial charge in [-0.3, -0.25) is 9.55 Å². The summed E-state index contributed by atoms with van der Waals surface area (Å²) >= 11 is 0. The van der Waals surface area contributed by atoms with E-state index in [-0.39, 0.29) is 22.1 Å². The quantitative estimate of drug-likeness (QED) is 0.175. The molecule has 7 aromatic carbocycles. The van der Waals surface area contributed by atoms with Crippen LogP contribution in [0.4, 0.5) is 0 Å². The summed E-state index contributed by atoms with van der Waals surface area (Å²) in [5, 5.41) is 11.5. The first-order chi connectivity index (χ1) is 30.5. The number of pyridine rings is 1. The number of phenols is 1. The van der Waals surface area contributed by atoms with E-state index in [2.05, 4.69) is 113 Å². The highest BCUT2D eigenvalue weighted by atomic mass is 16.3. The second kappa shape index (κ2) is 15.5. The number of rotatable bonds is 7. The van der Waals surface area contributed by atoms with Gasteiger partial charge in [0.05, 0.1) is 28.0 Å². The molecule has 9 rings (SSSR count). The molecule has 4 nitrogen and oxygen atoms in total. The van der Waals surface area contributed by atoms with Crippen LogP contribution in [-0.2, 0) is 10.8 Å². The van der Waals surface area contributed by atoms with Crippen LogP contribution in [0.25, 0.3) is 83.9 Å². The van der Waals surface area contributed by atoms with Crippen molar-refractivity contribution in [3.05, 3.63) is 193 Å². The van der Waals surface area contributed by atoms with Gasteiger partial charge in [0, 0.05) is 27.0 Å².